The lowest BCUT2D eigenvalue weighted by Crippen LogP contribution is -2.24. The molecule has 1 fully saturated rings. The van der Waals surface area contributed by atoms with Gasteiger partial charge in [-0.2, -0.15) is 5.10 Å². The SMILES string of the molecule is CC(C)(CO)Cn1nc(C2CC2)c2ccc(Br)cc21. The minimum Gasteiger partial charge on any atom is -0.396 e. The number of benzene rings is 1. The minimum absolute atomic E-state index is 0.151. The topological polar surface area (TPSA) is 38.0 Å². The van der Waals surface area contributed by atoms with Crippen LogP contribution in [-0.4, -0.2) is 21.5 Å². The van der Waals surface area contributed by atoms with E-state index in [1.54, 1.807) is 0 Å². The van der Waals surface area contributed by atoms with Gasteiger partial charge in [-0.15, -0.1) is 0 Å². The Hall–Kier alpha value is -0.870. The van der Waals surface area contributed by atoms with E-state index in [9.17, 15) is 5.11 Å². The lowest BCUT2D eigenvalue weighted by molar-refractivity contribution is 0.138. The van der Waals surface area contributed by atoms with E-state index in [1.807, 2.05) is 0 Å². The zero-order valence-corrected chi connectivity index (χ0v) is 12.9. The fourth-order valence-electron chi connectivity index (χ4n) is 2.41. The van der Waals surface area contributed by atoms with Crippen LogP contribution in [0.4, 0.5) is 0 Å². The summed E-state index contributed by atoms with van der Waals surface area (Å²) in [6.45, 7) is 5.04. The summed E-state index contributed by atoms with van der Waals surface area (Å²) in [5, 5.41) is 15.5. The summed E-state index contributed by atoms with van der Waals surface area (Å²) in [4.78, 5) is 0. The molecule has 0 radical (unpaired) electrons. The molecule has 0 unspecified atom stereocenters. The average molecular weight is 323 g/mol. The van der Waals surface area contributed by atoms with Gasteiger partial charge >= 0.3 is 0 Å². The van der Waals surface area contributed by atoms with Gasteiger partial charge in [0.05, 0.1) is 11.2 Å². The van der Waals surface area contributed by atoms with Gasteiger partial charge < -0.3 is 5.11 Å². The number of aliphatic hydroxyl groups is 1. The standard InChI is InChI=1S/C15H19BrN2O/c1-15(2,9-19)8-18-13-7-11(16)5-6-12(13)14(17-18)10-3-4-10/h5-7,10,19H,3-4,8-9H2,1-2H3. The summed E-state index contributed by atoms with van der Waals surface area (Å²) < 4.78 is 3.13. The molecule has 0 atom stereocenters. The molecule has 3 nitrogen and oxygen atoms in total. The third-order valence-electron chi connectivity index (χ3n) is 3.71. The molecule has 19 heavy (non-hydrogen) atoms. The number of nitrogens with zero attached hydrogens (tertiary/aromatic N) is 2. The lowest BCUT2D eigenvalue weighted by Gasteiger charge is -2.21. The first-order valence-corrected chi connectivity index (χ1v) is 7.56. The van der Waals surface area contributed by atoms with Gasteiger partial charge in [-0.05, 0) is 31.0 Å². The molecule has 2 aromatic rings. The number of hydrogen-bond acceptors (Lipinski definition) is 2. The van der Waals surface area contributed by atoms with E-state index < -0.39 is 0 Å². The zero-order chi connectivity index (χ0) is 13.6. The monoisotopic (exact) mass is 322 g/mol. The molecule has 0 spiro atoms. The highest BCUT2D eigenvalue weighted by Gasteiger charge is 2.30. The van der Waals surface area contributed by atoms with Crippen molar-refractivity contribution < 1.29 is 5.11 Å². The van der Waals surface area contributed by atoms with Crippen LogP contribution in [0, 0.1) is 5.41 Å². The van der Waals surface area contributed by atoms with E-state index in [2.05, 4.69) is 52.7 Å². The normalized spacial score (nSPS) is 16.2. The Bertz CT molecular complexity index is 614. The number of hydrogen-bond donors (Lipinski definition) is 1. The second-order valence-corrected chi connectivity index (χ2v) is 7.22. The second kappa shape index (κ2) is 4.60. The second-order valence-electron chi connectivity index (χ2n) is 6.30. The summed E-state index contributed by atoms with van der Waals surface area (Å²) >= 11 is 3.53. The summed E-state index contributed by atoms with van der Waals surface area (Å²) in [7, 11) is 0. The van der Waals surface area contributed by atoms with E-state index in [4.69, 9.17) is 5.10 Å². The molecule has 1 saturated carbocycles. The van der Waals surface area contributed by atoms with Crippen molar-refractivity contribution in [1.29, 1.82) is 0 Å². The third kappa shape index (κ3) is 2.56. The Balaban J connectivity index is 2.10. The van der Waals surface area contributed by atoms with Crippen molar-refractivity contribution in [1.82, 2.24) is 9.78 Å². The van der Waals surface area contributed by atoms with Crippen molar-refractivity contribution >= 4 is 26.8 Å². The number of rotatable bonds is 4. The van der Waals surface area contributed by atoms with Crippen LogP contribution in [0.3, 0.4) is 0 Å². The summed E-state index contributed by atoms with van der Waals surface area (Å²) in [6, 6.07) is 6.36. The number of aromatic nitrogens is 2. The fourth-order valence-corrected chi connectivity index (χ4v) is 2.76. The fraction of sp³-hybridized carbons (Fsp3) is 0.533. The molecular formula is C15H19BrN2O. The molecule has 0 bridgehead atoms. The summed E-state index contributed by atoms with van der Waals surface area (Å²) in [6.07, 6.45) is 2.51. The van der Waals surface area contributed by atoms with Crippen molar-refractivity contribution in [2.75, 3.05) is 6.61 Å². The number of fused-ring (bicyclic) bond motifs is 1. The Morgan fingerprint density at radius 2 is 2.16 bits per heavy atom. The molecule has 0 amide bonds. The predicted molar refractivity (Wildman–Crippen MR) is 80.3 cm³/mol. The summed E-state index contributed by atoms with van der Waals surface area (Å²) in [5.41, 5.74) is 2.25. The van der Waals surface area contributed by atoms with Crippen LogP contribution >= 0.6 is 15.9 Å². The van der Waals surface area contributed by atoms with E-state index in [0.29, 0.717) is 5.92 Å². The van der Waals surface area contributed by atoms with Crippen molar-refractivity contribution in [2.45, 2.75) is 39.2 Å². The van der Waals surface area contributed by atoms with Gasteiger partial charge in [0.15, 0.2) is 0 Å². The van der Waals surface area contributed by atoms with Crippen molar-refractivity contribution in [3.8, 4) is 0 Å². The first-order chi connectivity index (χ1) is 9.00. The van der Waals surface area contributed by atoms with E-state index >= 15 is 0 Å². The van der Waals surface area contributed by atoms with Crippen LogP contribution in [0.5, 0.6) is 0 Å². The minimum atomic E-state index is -0.151. The molecule has 1 N–H and O–H groups in total. The molecule has 1 aromatic carbocycles. The highest BCUT2D eigenvalue weighted by molar-refractivity contribution is 9.10. The Morgan fingerprint density at radius 3 is 2.79 bits per heavy atom. The average Bonchev–Trinajstić information content (AvgIpc) is 3.15. The van der Waals surface area contributed by atoms with Crippen LogP contribution in [-0.2, 0) is 6.54 Å². The molecule has 1 heterocycles. The summed E-state index contributed by atoms with van der Waals surface area (Å²) in [5.74, 6) is 0.641. The molecule has 1 aromatic heterocycles. The maximum atomic E-state index is 9.46. The van der Waals surface area contributed by atoms with Crippen LogP contribution in [0.1, 0.15) is 38.3 Å². The predicted octanol–water partition coefficient (Wildman–Crippen LogP) is 3.69. The third-order valence-corrected chi connectivity index (χ3v) is 4.21. The van der Waals surface area contributed by atoms with Crippen molar-refractivity contribution in [3.63, 3.8) is 0 Å². The molecule has 1 aliphatic rings. The maximum absolute atomic E-state index is 9.46. The van der Waals surface area contributed by atoms with E-state index in [-0.39, 0.29) is 12.0 Å². The van der Waals surface area contributed by atoms with Crippen LogP contribution in [0.2, 0.25) is 0 Å². The molecule has 1 aliphatic carbocycles. The first-order valence-electron chi connectivity index (χ1n) is 6.77. The highest BCUT2D eigenvalue weighted by Crippen LogP contribution is 2.43. The Morgan fingerprint density at radius 1 is 1.42 bits per heavy atom. The quantitative estimate of drug-likeness (QED) is 0.932. The Kier molecular flexibility index (Phi) is 3.18. The molecule has 0 aliphatic heterocycles. The molecular weight excluding hydrogens is 304 g/mol. The van der Waals surface area contributed by atoms with Gasteiger partial charge in [0.25, 0.3) is 0 Å². The van der Waals surface area contributed by atoms with Crippen LogP contribution < -0.4 is 0 Å². The largest absolute Gasteiger partial charge is 0.396 e. The van der Waals surface area contributed by atoms with Gasteiger partial charge in [-0.3, -0.25) is 4.68 Å². The lowest BCUT2D eigenvalue weighted by atomic mass is 9.95. The molecule has 4 heteroatoms. The Labute approximate surface area is 121 Å². The van der Waals surface area contributed by atoms with Crippen molar-refractivity contribution in [2.24, 2.45) is 5.41 Å². The van der Waals surface area contributed by atoms with Gasteiger partial charge in [0.2, 0.25) is 0 Å². The zero-order valence-electron chi connectivity index (χ0n) is 11.4. The van der Waals surface area contributed by atoms with Crippen LogP contribution in [0.15, 0.2) is 22.7 Å². The van der Waals surface area contributed by atoms with Gasteiger partial charge in [0, 0.05) is 34.3 Å². The molecule has 3 rings (SSSR count). The number of halogens is 1. The van der Waals surface area contributed by atoms with E-state index in [1.165, 1.54) is 23.9 Å². The van der Waals surface area contributed by atoms with Crippen LogP contribution in [0.25, 0.3) is 10.9 Å². The van der Waals surface area contributed by atoms with Crippen molar-refractivity contribution in [3.05, 3.63) is 28.4 Å². The highest BCUT2D eigenvalue weighted by atomic mass is 79.9. The molecule has 102 valence electrons. The van der Waals surface area contributed by atoms with E-state index in [0.717, 1.165) is 16.5 Å². The number of aliphatic hydroxyl groups excluding tert-OH is 1. The maximum Gasteiger partial charge on any atom is 0.0734 e. The van der Waals surface area contributed by atoms with Gasteiger partial charge in [0.1, 0.15) is 0 Å². The molecule has 0 saturated heterocycles. The van der Waals surface area contributed by atoms with Gasteiger partial charge in [-0.1, -0.05) is 29.8 Å². The van der Waals surface area contributed by atoms with Gasteiger partial charge in [-0.25, -0.2) is 0 Å². The first kappa shape index (κ1) is 13.1. The smallest absolute Gasteiger partial charge is 0.0734 e.